The average molecular weight is 290 g/mol. The Hall–Kier alpha value is -1.14. The highest BCUT2D eigenvalue weighted by Crippen LogP contribution is 2.04. The lowest BCUT2D eigenvalue weighted by atomic mass is 10.2. The molecule has 0 heterocycles. The molecule has 0 aromatic rings. The summed E-state index contributed by atoms with van der Waals surface area (Å²) < 4.78 is 0. The molecule has 0 atom stereocenters. The second-order valence-electron chi connectivity index (χ2n) is 4.47. The molecule has 0 aliphatic heterocycles. The van der Waals surface area contributed by atoms with Gasteiger partial charge >= 0.3 is 11.9 Å². The first-order valence-electron chi connectivity index (χ1n) is 7.35. The van der Waals surface area contributed by atoms with Gasteiger partial charge in [-0.05, 0) is 25.7 Å². The van der Waals surface area contributed by atoms with Crippen LogP contribution in [0.25, 0.3) is 0 Å². The minimum atomic E-state index is -0.409. The van der Waals surface area contributed by atoms with Crippen molar-refractivity contribution in [3.05, 3.63) is 0 Å². The van der Waals surface area contributed by atoms with Crippen LogP contribution in [0.3, 0.4) is 0 Å². The maximum atomic E-state index is 11.2. The van der Waals surface area contributed by atoms with Crippen molar-refractivity contribution >= 4 is 11.9 Å². The molecule has 0 radical (unpaired) electrons. The van der Waals surface area contributed by atoms with E-state index in [0.717, 1.165) is 25.7 Å². The quantitative estimate of drug-likeness (QED) is 0.295. The van der Waals surface area contributed by atoms with Gasteiger partial charge in [-0.25, -0.2) is 9.59 Å². The van der Waals surface area contributed by atoms with Crippen LogP contribution in [0, 0.1) is 0 Å². The highest BCUT2D eigenvalue weighted by molar-refractivity contribution is 5.69. The fraction of sp³-hybridized carbons (Fsp3) is 0.857. The van der Waals surface area contributed by atoms with Gasteiger partial charge in [0, 0.05) is 12.8 Å². The molecule has 0 N–H and O–H groups in total. The van der Waals surface area contributed by atoms with Crippen molar-refractivity contribution < 1.29 is 29.1 Å². The summed E-state index contributed by atoms with van der Waals surface area (Å²) in [5, 5.41) is 0. The molecule has 0 saturated heterocycles. The first-order chi connectivity index (χ1) is 9.70. The lowest BCUT2D eigenvalue weighted by Gasteiger charge is -2.04. The number of unbranched alkanes of at least 4 members (excludes halogenated alkanes) is 3. The molecule has 0 aromatic heterocycles. The van der Waals surface area contributed by atoms with Crippen LogP contribution in [0.2, 0.25) is 0 Å². The molecule has 0 rings (SSSR count). The van der Waals surface area contributed by atoms with E-state index < -0.39 is 11.9 Å². The Labute approximate surface area is 120 Å². The molecule has 0 amide bonds. The summed E-state index contributed by atoms with van der Waals surface area (Å²) in [4.78, 5) is 41.0. The van der Waals surface area contributed by atoms with E-state index in [1.165, 1.54) is 0 Å². The van der Waals surface area contributed by atoms with E-state index in [1.807, 2.05) is 13.8 Å². The molecule has 0 aliphatic carbocycles. The standard InChI is InChI=1S/C14H26O6/c1-3-5-11-17-19-13(15)9-7-8-10-14(16)20-18-12-6-4-2/h3-12H2,1-2H3. The fourth-order valence-corrected chi connectivity index (χ4v) is 1.24. The van der Waals surface area contributed by atoms with Crippen LogP contribution in [-0.2, 0) is 29.1 Å². The molecule has 0 saturated carbocycles. The van der Waals surface area contributed by atoms with E-state index in [9.17, 15) is 9.59 Å². The normalized spacial score (nSPS) is 10.3. The van der Waals surface area contributed by atoms with Crippen LogP contribution >= 0.6 is 0 Å². The summed E-state index contributed by atoms with van der Waals surface area (Å²) in [7, 11) is 0. The molecule has 6 heteroatoms. The monoisotopic (exact) mass is 290 g/mol. The zero-order valence-corrected chi connectivity index (χ0v) is 12.5. The van der Waals surface area contributed by atoms with E-state index in [-0.39, 0.29) is 12.8 Å². The van der Waals surface area contributed by atoms with Gasteiger partial charge in [0.2, 0.25) is 0 Å². The van der Waals surface area contributed by atoms with Gasteiger partial charge in [-0.1, -0.05) is 26.7 Å². The summed E-state index contributed by atoms with van der Waals surface area (Å²) in [6.45, 7) is 4.89. The first-order valence-corrected chi connectivity index (χ1v) is 7.35. The summed E-state index contributed by atoms with van der Waals surface area (Å²) in [6.07, 6.45) is 5.26. The van der Waals surface area contributed by atoms with Gasteiger partial charge in [0.15, 0.2) is 0 Å². The number of carbonyl (C=O) groups excluding carboxylic acids is 2. The van der Waals surface area contributed by atoms with E-state index in [4.69, 9.17) is 9.78 Å². The van der Waals surface area contributed by atoms with Crippen LogP contribution < -0.4 is 0 Å². The molecular weight excluding hydrogens is 264 g/mol. The van der Waals surface area contributed by atoms with Crippen molar-refractivity contribution in [1.29, 1.82) is 0 Å². The molecule has 0 aromatic carbocycles. The van der Waals surface area contributed by atoms with Gasteiger partial charge in [0.1, 0.15) is 0 Å². The lowest BCUT2D eigenvalue weighted by molar-refractivity contribution is -0.273. The SMILES string of the molecule is CCCCOOC(=O)CCCCC(=O)OOCCCC. The van der Waals surface area contributed by atoms with E-state index in [1.54, 1.807) is 0 Å². The molecule has 0 spiro atoms. The Bertz CT molecular complexity index is 228. The Morgan fingerprint density at radius 2 is 1.10 bits per heavy atom. The van der Waals surface area contributed by atoms with Crippen LogP contribution in [0.1, 0.15) is 65.2 Å². The van der Waals surface area contributed by atoms with Crippen LogP contribution in [0.4, 0.5) is 0 Å². The zero-order chi connectivity index (χ0) is 15.1. The Kier molecular flexibility index (Phi) is 13.5. The van der Waals surface area contributed by atoms with Gasteiger partial charge in [0.05, 0.1) is 13.2 Å². The van der Waals surface area contributed by atoms with Crippen molar-refractivity contribution in [1.82, 2.24) is 0 Å². The Balaban J connectivity index is 3.32. The number of hydrogen-bond donors (Lipinski definition) is 0. The largest absolute Gasteiger partial charge is 0.342 e. The molecule has 6 nitrogen and oxygen atoms in total. The third-order valence-corrected chi connectivity index (χ3v) is 2.48. The van der Waals surface area contributed by atoms with Crippen LogP contribution in [-0.4, -0.2) is 25.2 Å². The zero-order valence-electron chi connectivity index (χ0n) is 12.5. The predicted octanol–water partition coefficient (Wildman–Crippen LogP) is 3.10. The fourth-order valence-electron chi connectivity index (χ4n) is 1.24. The van der Waals surface area contributed by atoms with Gasteiger partial charge in [-0.15, -0.1) is 0 Å². The van der Waals surface area contributed by atoms with Crippen molar-refractivity contribution in [3.8, 4) is 0 Å². The summed E-state index contributed by atoms with van der Waals surface area (Å²) in [6, 6.07) is 0. The smallest absolute Gasteiger partial charge is 0.298 e. The van der Waals surface area contributed by atoms with E-state index in [0.29, 0.717) is 26.1 Å². The second kappa shape index (κ2) is 14.3. The van der Waals surface area contributed by atoms with Crippen molar-refractivity contribution in [2.75, 3.05) is 13.2 Å². The number of carbonyl (C=O) groups is 2. The minimum absolute atomic E-state index is 0.232. The van der Waals surface area contributed by atoms with Crippen molar-refractivity contribution in [2.24, 2.45) is 0 Å². The molecule has 0 bridgehead atoms. The highest BCUT2D eigenvalue weighted by Gasteiger charge is 2.07. The summed E-state index contributed by atoms with van der Waals surface area (Å²) in [5.74, 6) is -0.817. The summed E-state index contributed by atoms with van der Waals surface area (Å²) in [5.41, 5.74) is 0. The average Bonchev–Trinajstić information content (AvgIpc) is 2.44. The Morgan fingerprint density at radius 1 is 0.700 bits per heavy atom. The van der Waals surface area contributed by atoms with Crippen molar-refractivity contribution in [3.63, 3.8) is 0 Å². The third-order valence-electron chi connectivity index (χ3n) is 2.48. The van der Waals surface area contributed by atoms with Crippen LogP contribution in [0.5, 0.6) is 0 Å². The topological polar surface area (TPSA) is 71.1 Å². The van der Waals surface area contributed by atoms with Crippen molar-refractivity contribution in [2.45, 2.75) is 65.2 Å². The molecule has 0 fully saturated rings. The van der Waals surface area contributed by atoms with E-state index >= 15 is 0 Å². The van der Waals surface area contributed by atoms with Gasteiger partial charge < -0.3 is 0 Å². The first kappa shape index (κ1) is 18.9. The number of rotatable bonds is 13. The Morgan fingerprint density at radius 3 is 1.45 bits per heavy atom. The predicted molar refractivity (Wildman–Crippen MR) is 72.4 cm³/mol. The molecule has 118 valence electrons. The molecule has 0 aliphatic rings. The molecular formula is C14H26O6. The lowest BCUT2D eigenvalue weighted by Crippen LogP contribution is -2.08. The third kappa shape index (κ3) is 13.3. The second-order valence-corrected chi connectivity index (χ2v) is 4.47. The maximum absolute atomic E-state index is 11.2. The number of hydrogen-bond acceptors (Lipinski definition) is 6. The van der Waals surface area contributed by atoms with Gasteiger partial charge in [-0.3, -0.25) is 9.78 Å². The van der Waals surface area contributed by atoms with E-state index in [2.05, 4.69) is 9.78 Å². The van der Waals surface area contributed by atoms with Crippen LogP contribution in [0.15, 0.2) is 0 Å². The molecule has 20 heavy (non-hydrogen) atoms. The minimum Gasteiger partial charge on any atom is -0.298 e. The van der Waals surface area contributed by atoms with Gasteiger partial charge in [-0.2, -0.15) is 9.78 Å². The molecule has 0 unspecified atom stereocenters. The van der Waals surface area contributed by atoms with Gasteiger partial charge in [0.25, 0.3) is 0 Å². The summed E-state index contributed by atoms with van der Waals surface area (Å²) >= 11 is 0. The maximum Gasteiger partial charge on any atom is 0.342 e. The highest BCUT2D eigenvalue weighted by atomic mass is 17.2.